The first-order valence-corrected chi connectivity index (χ1v) is 6.47. The van der Waals surface area contributed by atoms with Gasteiger partial charge in [0.05, 0.1) is 11.2 Å². The molecule has 2 aromatic rings. The lowest BCUT2D eigenvalue weighted by atomic mass is 10.2. The molecule has 0 saturated heterocycles. The molecule has 0 spiro atoms. The first-order chi connectivity index (χ1) is 8.25. The third-order valence-electron chi connectivity index (χ3n) is 2.22. The zero-order valence-corrected chi connectivity index (χ0v) is 10.7. The Bertz CT molecular complexity index is 496. The highest BCUT2D eigenvalue weighted by atomic mass is 32.1. The van der Waals surface area contributed by atoms with Gasteiger partial charge in [0.1, 0.15) is 10.8 Å². The lowest BCUT2D eigenvalue weighted by molar-refractivity contribution is 0.968. The molecule has 0 bridgehead atoms. The van der Waals surface area contributed by atoms with Gasteiger partial charge in [-0.2, -0.15) is 0 Å². The molecule has 0 aliphatic rings. The highest BCUT2D eigenvalue weighted by Crippen LogP contribution is 2.07. The van der Waals surface area contributed by atoms with E-state index >= 15 is 0 Å². The molecule has 0 aliphatic heterocycles. The fourth-order valence-electron chi connectivity index (χ4n) is 1.36. The van der Waals surface area contributed by atoms with E-state index < -0.39 is 0 Å². The van der Waals surface area contributed by atoms with E-state index in [0.29, 0.717) is 4.99 Å². The number of anilines is 1. The topological polar surface area (TPSA) is 63.8 Å². The summed E-state index contributed by atoms with van der Waals surface area (Å²) in [6, 6.07) is 3.65. The molecule has 2 rings (SSSR count). The Morgan fingerprint density at radius 1 is 1.47 bits per heavy atom. The number of thiazole rings is 1. The largest absolute Gasteiger partial charge is 0.389 e. The van der Waals surface area contributed by atoms with Crippen molar-refractivity contribution in [3.05, 3.63) is 40.5 Å². The Morgan fingerprint density at radius 2 is 2.35 bits per heavy atom. The highest BCUT2D eigenvalue weighted by molar-refractivity contribution is 7.80. The van der Waals surface area contributed by atoms with Gasteiger partial charge in [-0.05, 0) is 12.1 Å². The maximum absolute atomic E-state index is 5.56. The van der Waals surface area contributed by atoms with Crippen LogP contribution in [0.25, 0.3) is 0 Å². The van der Waals surface area contributed by atoms with Crippen LogP contribution in [0.1, 0.15) is 11.3 Å². The lowest BCUT2D eigenvalue weighted by Gasteiger charge is -2.05. The minimum atomic E-state index is 0.384. The first kappa shape index (κ1) is 11.9. The summed E-state index contributed by atoms with van der Waals surface area (Å²) >= 11 is 6.52. The quantitative estimate of drug-likeness (QED) is 0.807. The normalized spacial score (nSPS) is 10.1. The van der Waals surface area contributed by atoms with E-state index in [1.54, 1.807) is 23.6 Å². The molecule has 0 aromatic carbocycles. The third-order valence-corrected chi connectivity index (χ3v) is 3.09. The Labute approximate surface area is 109 Å². The van der Waals surface area contributed by atoms with Crippen LogP contribution in [0.3, 0.4) is 0 Å². The smallest absolute Gasteiger partial charge is 0.126 e. The van der Waals surface area contributed by atoms with Gasteiger partial charge in [-0.25, -0.2) is 9.97 Å². The van der Waals surface area contributed by atoms with Gasteiger partial charge in [0.25, 0.3) is 0 Å². The fraction of sp³-hybridized carbons (Fsp3) is 0.182. The number of nitrogens with zero attached hydrogens (tertiary/aromatic N) is 2. The number of rotatable bonds is 5. The summed E-state index contributed by atoms with van der Waals surface area (Å²) in [6.45, 7) is 0.789. The molecular formula is C11H12N4S2. The summed E-state index contributed by atoms with van der Waals surface area (Å²) in [5.74, 6) is 0.783. The number of aromatic nitrogens is 2. The van der Waals surface area contributed by atoms with Crippen molar-refractivity contribution < 1.29 is 0 Å². The van der Waals surface area contributed by atoms with Crippen LogP contribution in [0.5, 0.6) is 0 Å². The van der Waals surface area contributed by atoms with Crippen LogP contribution in [0.15, 0.2) is 29.2 Å². The molecule has 0 amide bonds. The van der Waals surface area contributed by atoms with Crippen molar-refractivity contribution in [3.63, 3.8) is 0 Å². The maximum Gasteiger partial charge on any atom is 0.126 e. The maximum atomic E-state index is 5.56. The molecule has 6 heteroatoms. The molecule has 0 radical (unpaired) electrons. The zero-order valence-electron chi connectivity index (χ0n) is 9.09. The minimum Gasteiger partial charge on any atom is -0.389 e. The van der Waals surface area contributed by atoms with E-state index in [2.05, 4.69) is 15.3 Å². The van der Waals surface area contributed by atoms with Crippen molar-refractivity contribution >= 4 is 34.4 Å². The molecule has 88 valence electrons. The second kappa shape index (κ2) is 5.70. The van der Waals surface area contributed by atoms with E-state index in [9.17, 15) is 0 Å². The van der Waals surface area contributed by atoms with Crippen LogP contribution >= 0.6 is 23.6 Å². The molecule has 0 atom stereocenters. The number of hydrogen-bond acceptors (Lipinski definition) is 5. The summed E-state index contributed by atoms with van der Waals surface area (Å²) in [7, 11) is 0. The van der Waals surface area contributed by atoms with E-state index in [1.807, 2.05) is 17.0 Å². The van der Waals surface area contributed by atoms with Gasteiger partial charge in [0.15, 0.2) is 0 Å². The average molecular weight is 264 g/mol. The predicted octanol–water partition coefficient (Wildman–Crippen LogP) is 1.83. The van der Waals surface area contributed by atoms with Gasteiger partial charge in [0, 0.05) is 30.1 Å². The molecule has 4 nitrogen and oxygen atoms in total. The Balaban J connectivity index is 1.90. The van der Waals surface area contributed by atoms with Gasteiger partial charge >= 0.3 is 0 Å². The molecule has 17 heavy (non-hydrogen) atoms. The molecule has 0 saturated carbocycles. The highest BCUT2D eigenvalue weighted by Gasteiger charge is 2.00. The zero-order chi connectivity index (χ0) is 12.1. The van der Waals surface area contributed by atoms with Crippen molar-refractivity contribution in [1.29, 1.82) is 0 Å². The van der Waals surface area contributed by atoms with E-state index in [-0.39, 0.29) is 0 Å². The predicted molar refractivity (Wildman–Crippen MR) is 74.4 cm³/mol. The van der Waals surface area contributed by atoms with Crippen molar-refractivity contribution in [2.75, 3.05) is 11.9 Å². The van der Waals surface area contributed by atoms with Gasteiger partial charge in [-0.3, -0.25) is 0 Å². The molecule has 0 aliphatic carbocycles. The second-order valence-electron chi connectivity index (χ2n) is 3.45. The fourth-order valence-corrected chi connectivity index (χ4v) is 2.08. The summed E-state index contributed by atoms with van der Waals surface area (Å²) < 4.78 is 0. The van der Waals surface area contributed by atoms with Gasteiger partial charge < -0.3 is 11.1 Å². The van der Waals surface area contributed by atoms with Crippen LogP contribution in [-0.2, 0) is 6.42 Å². The van der Waals surface area contributed by atoms with Crippen LogP contribution in [-0.4, -0.2) is 21.5 Å². The van der Waals surface area contributed by atoms with E-state index in [0.717, 1.165) is 30.0 Å². The van der Waals surface area contributed by atoms with Crippen molar-refractivity contribution in [3.8, 4) is 0 Å². The molecule has 3 N–H and O–H groups in total. The van der Waals surface area contributed by atoms with E-state index in [4.69, 9.17) is 18.0 Å². The Morgan fingerprint density at radius 3 is 3.06 bits per heavy atom. The van der Waals surface area contributed by atoms with Gasteiger partial charge in [0.2, 0.25) is 0 Å². The SMILES string of the molecule is NC(=S)c1ccnc(NCCc2cscn2)c1. The third kappa shape index (κ3) is 3.47. The van der Waals surface area contributed by atoms with Crippen LogP contribution in [0.2, 0.25) is 0 Å². The minimum absolute atomic E-state index is 0.384. The number of hydrogen-bond donors (Lipinski definition) is 2. The summed E-state index contributed by atoms with van der Waals surface area (Å²) in [5, 5.41) is 5.26. The second-order valence-corrected chi connectivity index (χ2v) is 4.61. The van der Waals surface area contributed by atoms with Crippen molar-refractivity contribution in [2.45, 2.75) is 6.42 Å². The van der Waals surface area contributed by atoms with Crippen molar-refractivity contribution in [2.24, 2.45) is 5.73 Å². The van der Waals surface area contributed by atoms with Gasteiger partial charge in [-0.15, -0.1) is 11.3 Å². The number of nitrogens with one attached hydrogen (secondary N) is 1. The Hall–Kier alpha value is -1.53. The molecule has 2 aromatic heterocycles. The standard InChI is InChI=1S/C11H12N4S2/c12-11(16)8-1-3-13-10(5-8)14-4-2-9-6-17-7-15-9/h1,3,5-7H,2,4H2,(H2,12,16)(H,13,14). The average Bonchev–Trinajstić information content (AvgIpc) is 2.82. The first-order valence-electron chi connectivity index (χ1n) is 5.12. The molecule has 2 heterocycles. The van der Waals surface area contributed by atoms with Crippen LogP contribution in [0, 0.1) is 0 Å². The Kier molecular flexibility index (Phi) is 4.00. The molecular weight excluding hydrogens is 252 g/mol. The van der Waals surface area contributed by atoms with Gasteiger partial charge in [-0.1, -0.05) is 12.2 Å². The van der Waals surface area contributed by atoms with E-state index in [1.165, 1.54) is 0 Å². The summed E-state index contributed by atoms with van der Waals surface area (Å²) in [5.41, 5.74) is 9.31. The summed E-state index contributed by atoms with van der Waals surface area (Å²) in [6.07, 6.45) is 2.57. The van der Waals surface area contributed by atoms with Crippen molar-refractivity contribution in [1.82, 2.24) is 9.97 Å². The lowest BCUT2D eigenvalue weighted by Crippen LogP contribution is -2.11. The monoisotopic (exact) mass is 264 g/mol. The van der Waals surface area contributed by atoms with Crippen LogP contribution in [0.4, 0.5) is 5.82 Å². The number of pyridine rings is 1. The summed E-state index contributed by atoms with van der Waals surface area (Å²) in [4.78, 5) is 8.79. The van der Waals surface area contributed by atoms with Crippen LogP contribution < -0.4 is 11.1 Å². The molecule has 0 fully saturated rings. The number of nitrogens with two attached hydrogens (primary N) is 1. The number of thiocarbonyl (C=S) groups is 1. The molecule has 0 unspecified atom stereocenters.